The summed E-state index contributed by atoms with van der Waals surface area (Å²) in [6, 6.07) is 12.3. The monoisotopic (exact) mass is 416 g/mol. The van der Waals surface area contributed by atoms with Crippen LogP contribution in [-0.2, 0) is 9.59 Å². The summed E-state index contributed by atoms with van der Waals surface area (Å²) >= 11 is 0. The van der Waals surface area contributed by atoms with Gasteiger partial charge in [0.15, 0.2) is 0 Å². The van der Waals surface area contributed by atoms with E-state index in [9.17, 15) is 29.4 Å². The fourth-order valence-electron chi connectivity index (χ4n) is 4.30. The maximum atomic E-state index is 13.1. The van der Waals surface area contributed by atoms with E-state index < -0.39 is 46.5 Å². The van der Waals surface area contributed by atoms with Crippen LogP contribution in [0.4, 0.5) is 0 Å². The molecule has 0 spiro atoms. The van der Waals surface area contributed by atoms with Gasteiger partial charge < -0.3 is 10.2 Å². The topological polar surface area (TPSA) is 109 Å². The zero-order valence-electron chi connectivity index (χ0n) is 17.0. The van der Waals surface area contributed by atoms with Crippen molar-refractivity contribution >= 4 is 34.7 Å². The molecular weight excluding hydrogens is 396 g/mol. The Morgan fingerprint density at radius 3 is 1.35 bits per heavy atom. The van der Waals surface area contributed by atoms with E-state index >= 15 is 0 Å². The van der Waals surface area contributed by atoms with Gasteiger partial charge >= 0.3 is 0 Å². The van der Waals surface area contributed by atoms with Crippen LogP contribution in [0.2, 0.25) is 0 Å². The van der Waals surface area contributed by atoms with E-state index in [1.54, 1.807) is 31.2 Å². The van der Waals surface area contributed by atoms with Crippen LogP contribution in [0.15, 0.2) is 59.7 Å². The maximum absolute atomic E-state index is 13.1. The molecule has 0 unspecified atom stereocenters. The maximum Gasteiger partial charge on any atom is 0.234 e. The van der Waals surface area contributed by atoms with Gasteiger partial charge in [-0.3, -0.25) is 19.2 Å². The molecule has 0 saturated heterocycles. The van der Waals surface area contributed by atoms with Crippen molar-refractivity contribution in [3.8, 4) is 0 Å². The fourth-order valence-corrected chi connectivity index (χ4v) is 4.30. The Morgan fingerprint density at radius 1 is 0.645 bits per heavy atom. The molecule has 0 radical (unpaired) electrons. The third kappa shape index (κ3) is 2.94. The summed E-state index contributed by atoms with van der Waals surface area (Å²) in [5, 5.41) is 22.0. The molecule has 156 valence electrons. The van der Waals surface area contributed by atoms with E-state index in [-0.39, 0.29) is 33.4 Å². The number of aliphatic hydroxyl groups is 2. The fraction of sp³-hybridized carbons (Fsp3) is 0.200. The van der Waals surface area contributed by atoms with E-state index in [4.69, 9.17) is 0 Å². The smallest absolute Gasteiger partial charge is 0.234 e. The van der Waals surface area contributed by atoms with Gasteiger partial charge in [-0.05, 0) is 5.92 Å². The average Bonchev–Trinajstić information content (AvgIpc) is 2.79. The Balaban J connectivity index is 2.03. The number of hydrogen-bond donors (Lipinski definition) is 2. The van der Waals surface area contributed by atoms with Gasteiger partial charge in [-0.1, -0.05) is 68.8 Å². The lowest BCUT2D eigenvalue weighted by molar-refractivity contribution is -0.113. The van der Waals surface area contributed by atoms with Gasteiger partial charge in [0, 0.05) is 28.2 Å². The first-order valence-electron chi connectivity index (χ1n) is 10.0. The van der Waals surface area contributed by atoms with Gasteiger partial charge in [-0.2, -0.15) is 0 Å². The van der Waals surface area contributed by atoms with Crippen molar-refractivity contribution in [1.82, 2.24) is 0 Å². The zero-order valence-corrected chi connectivity index (χ0v) is 17.0. The summed E-state index contributed by atoms with van der Waals surface area (Å²) in [4.78, 5) is 51.7. The molecule has 2 aliphatic carbocycles. The summed E-state index contributed by atoms with van der Waals surface area (Å²) < 4.78 is 0. The number of hydrogen-bond acceptors (Lipinski definition) is 6. The Bertz CT molecular complexity index is 1140. The van der Waals surface area contributed by atoms with Crippen LogP contribution < -0.4 is 0 Å². The second kappa shape index (κ2) is 7.47. The Hall–Kier alpha value is -3.80. The number of carbonyl (C=O) groups is 4. The summed E-state index contributed by atoms with van der Waals surface area (Å²) in [5.41, 5.74) is -0.00582. The molecule has 0 heterocycles. The van der Waals surface area contributed by atoms with E-state index in [0.717, 1.165) is 0 Å². The number of Topliss-reactive ketones (excluding diaryl/α,β-unsaturated/α-hetero) is 4. The SMILES string of the molecule is CC[C@H](C)C(C1=C(O)c2ccccc2C(=O)C1=O)C1=C(O)c2ccccc2C(=O)C1=O. The molecule has 6 nitrogen and oxygen atoms in total. The predicted molar refractivity (Wildman–Crippen MR) is 114 cm³/mol. The van der Waals surface area contributed by atoms with Gasteiger partial charge in [-0.25, -0.2) is 0 Å². The van der Waals surface area contributed by atoms with Gasteiger partial charge in [0.1, 0.15) is 11.5 Å². The molecule has 0 saturated carbocycles. The molecule has 1 atom stereocenters. The highest BCUT2D eigenvalue weighted by Gasteiger charge is 2.45. The first kappa shape index (κ1) is 20.5. The van der Waals surface area contributed by atoms with Gasteiger partial charge in [0.05, 0.1) is 11.1 Å². The van der Waals surface area contributed by atoms with E-state index in [1.165, 1.54) is 24.3 Å². The normalized spacial score (nSPS) is 17.3. The lowest BCUT2D eigenvalue weighted by atomic mass is 9.69. The third-order valence-electron chi connectivity index (χ3n) is 6.10. The second-order valence-corrected chi connectivity index (χ2v) is 7.80. The molecule has 6 heteroatoms. The lowest BCUT2D eigenvalue weighted by Gasteiger charge is -2.31. The van der Waals surface area contributed by atoms with E-state index in [2.05, 4.69) is 0 Å². The molecule has 0 aliphatic heterocycles. The molecule has 2 aromatic carbocycles. The summed E-state index contributed by atoms with van der Waals surface area (Å²) in [7, 11) is 0. The molecule has 0 bridgehead atoms. The predicted octanol–water partition coefficient (Wildman–Crippen LogP) is 4.12. The van der Waals surface area contributed by atoms with Crippen LogP contribution in [0, 0.1) is 11.8 Å². The Labute approximate surface area is 178 Å². The standard InChI is InChI=1S/C25H20O6/c1-3-12(2)17(18-20(26)13-8-4-6-10-15(13)22(28)24(18)30)19-21(27)14-9-5-7-11-16(14)23(29)25(19)31/h4-12,17,26-27H,3H2,1-2H3/t12-/m0/s1. The van der Waals surface area contributed by atoms with E-state index in [0.29, 0.717) is 6.42 Å². The number of allylic oxidation sites excluding steroid dienone is 2. The number of aliphatic hydroxyl groups excluding tert-OH is 2. The molecule has 0 aromatic heterocycles. The third-order valence-corrected chi connectivity index (χ3v) is 6.10. The van der Waals surface area contributed by atoms with E-state index in [1.807, 2.05) is 6.92 Å². The highest BCUT2D eigenvalue weighted by atomic mass is 16.3. The quantitative estimate of drug-likeness (QED) is 0.726. The minimum atomic E-state index is -1.13. The Morgan fingerprint density at radius 2 is 1.00 bits per heavy atom. The minimum absolute atomic E-state index is 0.0752. The van der Waals surface area contributed by atoms with Crippen LogP contribution in [0.25, 0.3) is 11.5 Å². The molecule has 0 amide bonds. The summed E-state index contributed by atoms with van der Waals surface area (Å²) in [6.07, 6.45) is 0.463. The second-order valence-electron chi connectivity index (χ2n) is 7.80. The highest BCUT2D eigenvalue weighted by molar-refractivity contribution is 6.54. The summed E-state index contributed by atoms with van der Waals surface area (Å²) in [6.45, 7) is 3.56. The van der Waals surface area contributed by atoms with Crippen molar-refractivity contribution in [3.05, 3.63) is 81.9 Å². The average molecular weight is 416 g/mol. The highest BCUT2D eigenvalue weighted by Crippen LogP contribution is 2.43. The molecule has 2 aromatic rings. The van der Waals surface area contributed by atoms with Crippen molar-refractivity contribution in [3.63, 3.8) is 0 Å². The zero-order chi connectivity index (χ0) is 22.4. The number of ketones is 4. The van der Waals surface area contributed by atoms with Gasteiger partial charge in [0.2, 0.25) is 23.1 Å². The molecular formula is C25H20O6. The van der Waals surface area contributed by atoms with Crippen molar-refractivity contribution in [2.24, 2.45) is 11.8 Å². The molecule has 2 N–H and O–H groups in total. The van der Waals surface area contributed by atoms with Crippen molar-refractivity contribution < 1.29 is 29.4 Å². The number of rotatable bonds is 4. The number of benzene rings is 2. The van der Waals surface area contributed by atoms with Crippen molar-refractivity contribution in [2.75, 3.05) is 0 Å². The molecule has 2 aliphatic rings. The van der Waals surface area contributed by atoms with Crippen LogP contribution in [0.1, 0.15) is 52.1 Å². The van der Waals surface area contributed by atoms with Crippen molar-refractivity contribution in [2.45, 2.75) is 20.3 Å². The largest absolute Gasteiger partial charge is 0.507 e. The molecule has 4 rings (SSSR count). The van der Waals surface area contributed by atoms with Gasteiger partial charge in [0.25, 0.3) is 0 Å². The Kier molecular flexibility index (Phi) is 4.93. The first-order valence-corrected chi connectivity index (χ1v) is 10.0. The number of carbonyl (C=O) groups excluding carboxylic acids is 4. The summed E-state index contributed by atoms with van der Waals surface area (Å²) in [5.74, 6) is -5.87. The van der Waals surface area contributed by atoms with Gasteiger partial charge in [-0.15, -0.1) is 0 Å². The minimum Gasteiger partial charge on any atom is -0.507 e. The lowest BCUT2D eigenvalue weighted by Crippen LogP contribution is -2.36. The number of fused-ring (bicyclic) bond motifs is 2. The van der Waals surface area contributed by atoms with Crippen LogP contribution in [0.3, 0.4) is 0 Å². The first-order chi connectivity index (χ1) is 14.8. The van der Waals surface area contributed by atoms with Crippen molar-refractivity contribution in [1.29, 1.82) is 0 Å². The molecule has 31 heavy (non-hydrogen) atoms. The van der Waals surface area contributed by atoms with Crippen LogP contribution >= 0.6 is 0 Å². The van der Waals surface area contributed by atoms with Crippen LogP contribution in [0.5, 0.6) is 0 Å². The molecule has 0 fully saturated rings. The van der Waals surface area contributed by atoms with Crippen LogP contribution in [-0.4, -0.2) is 33.3 Å².